The van der Waals surface area contributed by atoms with Gasteiger partial charge in [0.05, 0.1) is 5.92 Å². The molecule has 0 aliphatic heterocycles. The topological polar surface area (TPSA) is 46.5 Å². The van der Waals surface area contributed by atoms with Crippen molar-refractivity contribution in [2.75, 3.05) is 0 Å². The summed E-state index contributed by atoms with van der Waals surface area (Å²) >= 11 is 0. The highest BCUT2D eigenvalue weighted by atomic mass is 19.3. The maximum absolute atomic E-state index is 12.7. The number of halogens is 2. The largest absolute Gasteiger partial charge is 0.481 e. The van der Waals surface area contributed by atoms with Gasteiger partial charge in [-0.15, -0.1) is 0 Å². The Morgan fingerprint density at radius 1 is 1.30 bits per heavy atom. The standard InChI is InChI=1S/C15H14F2O3/c1-10-4-2-3-5-12(10)15(20-14(16)17)8-6-11(7-9-15)13(18)19/h2-9,11,14H,1H3,(H,18,19). The molecule has 1 aliphatic rings. The Hall–Kier alpha value is -2.01. The number of hydrogen-bond donors (Lipinski definition) is 1. The Morgan fingerprint density at radius 3 is 2.40 bits per heavy atom. The van der Waals surface area contributed by atoms with Gasteiger partial charge in [0.1, 0.15) is 5.60 Å². The number of benzene rings is 1. The second-order valence-electron chi connectivity index (χ2n) is 4.57. The highest BCUT2D eigenvalue weighted by Gasteiger charge is 2.35. The second kappa shape index (κ2) is 5.54. The highest BCUT2D eigenvalue weighted by Crippen LogP contribution is 2.36. The molecule has 0 atom stereocenters. The quantitative estimate of drug-likeness (QED) is 0.861. The zero-order chi connectivity index (χ0) is 14.8. The molecule has 1 aliphatic carbocycles. The Labute approximate surface area is 115 Å². The van der Waals surface area contributed by atoms with Crippen molar-refractivity contribution >= 4 is 5.97 Å². The SMILES string of the molecule is Cc1ccccc1C1(OC(F)F)C=CC(C(=O)O)C=C1. The molecule has 0 saturated heterocycles. The smallest absolute Gasteiger partial charge is 0.346 e. The lowest BCUT2D eigenvalue weighted by molar-refractivity contribution is -0.180. The van der Waals surface area contributed by atoms with Crippen molar-refractivity contribution in [1.82, 2.24) is 0 Å². The third-order valence-electron chi connectivity index (χ3n) is 3.24. The average Bonchev–Trinajstić information content (AvgIpc) is 2.39. The van der Waals surface area contributed by atoms with Crippen molar-refractivity contribution in [1.29, 1.82) is 0 Å². The molecule has 0 saturated carbocycles. The van der Waals surface area contributed by atoms with Crippen molar-refractivity contribution < 1.29 is 23.4 Å². The summed E-state index contributed by atoms with van der Waals surface area (Å²) in [5.74, 6) is -1.86. The number of rotatable bonds is 4. The molecular weight excluding hydrogens is 266 g/mol. The molecule has 2 rings (SSSR count). The van der Waals surface area contributed by atoms with Gasteiger partial charge in [-0.05, 0) is 30.2 Å². The first-order chi connectivity index (χ1) is 9.44. The van der Waals surface area contributed by atoms with Gasteiger partial charge in [-0.1, -0.05) is 36.4 Å². The van der Waals surface area contributed by atoms with Crippen LogP contribution in [0.5, 0.6) is 0 Å². The number of aryl methyl sites for hydroxylation is 1. The summed E-state index contributed by atoms with van der Waals surface area (Å²) < 4.78 is 30.2. The van der Waals surface area contributed by atoms with E-state index in [9.17, 15) is 13.6 Å². The number of ether oxygens (including phenoxy) is 1. The number of aliphatic carboxylic acids is 1. The zero-order valence-electron chi connectivity index (χ0n) is 10.8. The summed E-state index contributed by atoms with van der Waals surface area (Å²) in [6, 6.07) is 7.00. The maximum Gasteiger partial charge on any atom is 0.346 e. The van der Waals surface area contributed by atoms with Gasteiger partial charge in [0.25, 0.3) is 0 Å². The van der Waals surface area contributed by atoms with E-state index in [0.29, 0.717) is 5.56 Å². The molecular formula is C15H14F2O3. The van der Waals surface area contributed by atoms with Gasteiger partial charge >= 0.3 is 12.6 Å². The van der Waals surface area contributed by atoms with Crippen LogP contribution in [0.1, 0.15) is 11.1 Å². The minimum absolute atomic E-state index is 0.566. The fourth-order valence-electron chi connectivity index (χ4n) is 2.26. The fraction of sp³-hybridized carbons (Fsp3) is 0.267. The summed E-state index contributed by atoms with van der Waals surface area (Å²) in [4.78, 5) is 10.9. The number of hydrogen-bond acceptors (Lipinski definition) is 2. The Morgan fingerprint density at radius 2 is 1.90 bits per heavy atom. The first kappa shape index (κ1) is 14.4. The van der Waals surface area contributed by atoms with E-state index >= 15 is 0 Å². The van der Waals surface area contributed by atoms with Crippen LogP contribution < -0.4 is 0 Å². The van der Waals surface area contributed by atoms with Crippen LogP contribution in [0, 0.1) is 12.8 Å². The van der Waals surface area contributed by atoms with Crippen LogP contribution in [0.15, 0.2) is 48.6 Å². The van der Waals surface area contributed by atoms with Gasteiger partial charge in [0, 0.05) is 0 Å². The van der Waals surface area contributed by atoms with Crippen molar-refractivity contribution in [3.63, 3.8) is 0 Å². The molecule has 0 fully saturated rings. The molecule has 0 heterocycles. The molecule has 1 N–H and O–H groups in total. The molecule has 0 amide bonds. The van der Waals surface area contributed by atoms with Gasteiger partial charge in [0.2, 0.25) is 0 Å². The third-order valence-corrected chi connectivity index (χ3v) is 3.24. The van der Waals surface area contributed by atoms with E-state index in [-0.39, 0.29) is 0 Å². The predicted molar refractivity (Wildman–Crippen MR) is 69.4 cm³/mol. The maximum atomic E-state index is 12.7. The second-order valence-corrected chi connectivity index (χ2v) is 4.57. The van der Waals surface area contributed by atoms with E-state index in [2.05, 4.69) is 0 Å². The van der Waals surface area contributed by atoms with Crippen LogP contribution in [-0.2, 0) is 15.1 Å². The monoisotopic (exact) mass is 280 g/mol. The van der Waals surface area contributed by atoms with Gasteiger partial charge in [-0.3, -0.25) is 4.79 Å². The number of carboxylic acids is 1. The lowest BCUT2D eigenvalue weighted by Crippen LogP contribution is -2.31. The molecule has 20 heavy (non-hydrogen) atoms. The average molecular weight is 280 g/mol. The Balaban J connectivity index is 2.45. The van der Waals surface area contributed by atoms with Crippen molar-refractivity contribution in [2.45, 2.75) is 19.1 Å². The van der Waals surface area contributed by atoms with E-state index in [1.807, 2.05) is 0 Å². The van der Waals surface area contributed by atoms with E-state index in [1.165, 1.54) is 24.3 Å². The molecule has 0 radical (unpaired) electrons. The van der Waals surface area contributed by atoms with Crippen LogP contribution >= 0.6 is 0 Å². The zero-order valence-corrected chi connectivity index (χ0v) is 10.8. The van der Waals surface area contributed by atoms with Gasteiger partial charge < -0.3 is 9.84 Å². The molecule has 106 valence electrons. The third kappa shape index (κ3) is 2.77. The minimum atomic E-state index is -2.97. The summed E-state index contributed by atoms with van der Waals surface area (Å²) in [6.45, 7) is -1.18. The van der Waals surface area contributed by atoms with Gasteiger partial charge in [-0.2, -0.15) is 8.78 Å². The Bertz CT molecular complexity index is 550. The first-order valence-electron chi connectivity index (χ1n) is 6.08. The van der Waals surface area contributed by atoms with E-state index in [0.717, 1.165) is 5.56 Å². The van der Waals surface area contributed by atoms with E-state index < -0.39 is 24.1 Å². The molecule has 3 nitrogen and oxygen atoms in total. The van der Waals surface area contributed by atoms with Crippen LogP contribution in [-0.4, -0.2) is 17.7 Å². The fourth-order valence-corrected chi connectivity index (χ4v) is 2.26. The van der Waals surface area contributed by atoms with Gasteiger partial charge in [-0.25, -0.2) is 0 Å². The summed E-state index contributed by atoms with van der Waals surface area (Å²) in [5, 5.41) is 8.92. The molecule has 0 spiro atoms. The number of alkyl halides is 2. The molecule has 0 aromatic heterocycles. The van der Waals surface area contributed by atoms with Crippen molar-refractivity contribution in [3.05, 3.63) is 59.7 Å². The predicted octanol–water partition coefficient (Wildman–Crippen LogP) is 3.26. The molecule has 1 aromatic rings. The normalized spacial score (nSPS) is 25.1. The van der Waals surface area contributed by atoms with Crippen LogP contribution in [0.4, 0.5) is 8.78 Å². The first-order valence-corrected chi connectivity index (χ1v) is 6.08. The molecule has 5 heteroatoms. The van der Waals surface area contributed by atoms with Crippen molar-refractivity contribution in [2.24, 2.45) is 5.92 Å². The van der Waals surface area contributed by atoms with E-state index in [4.69, 9.17) is 9.84 Å². The molecule has 0 bridgehead atoms. The van der Waals surface area contributed by atoms with Crippen LogP contribution in [0.25, 0.3) is 0 Å². The van der Waals surface area contributed by atoms with Crippen molar-refractivity contribution in [3.8, 4) is 0 Å². The molecule has 1 aromatic carbocycles. The minimum Gasteiger partial charge on any atom is -0.481 e. The summed E-state index contributed by atoms with van der Waals surface area (Å²) in [7, 11) is 0. The lowest BCUT2D eigenvalue weighted by atomic mass is 9.84. The highest BCUT2D eigenvalue weighted by molar-refractivity contribution is 5.75. The van der Waals surface area contributed by atoms with Gasteiger partial charge in [0.15, 0.2) is 0 Å². The Kier molecular flexibility index (Phi) is 3.99. The number of carboxylic acid groups (broad SMARTS) is 1. The lowest BCUT2D eigenvalue weighted by Gasteiger charge is -2.31. The van der Waals surface area contributed by atoms with Crippen LogP contribution in [0.2, 0.25) is 0 Å². The number of carbonyl (C=O) groups is 1. The summed E-state index contributed by atoms with van der Waals surface area (Å²) in [6.07, 6.45) is 5.47. The summed E-state index contributed by atoms with van der Waals surface area (Å²) in [5.41, 5.74) is -0.0706. The van der Waals surface area contributed by atoms with Crippen LogP contribution in [0.3, 0.4) is 0 Å². The van der Waals surface area contributed by atoms with E-state index in [1.54, 1.807) is 31.2 Å². The molecule has 0 unspecified atom stereocenters.